The summed E-state index contributed by atoms with van der Waals surface area (Å²) >= 11 is 0. The van der Waals surface area contributed by atoms with Crippen molar-refractivity contribution in [1.82, 2.24) is 10.2 Å². The molecular weight excluding hydrogens is 294 g/mol. The Morgan fingerprint density at radius 1 is 1.41 bits per heavy atom. The molecular formula is C13H13N3O6. The molecule has 22 heavy (non-hydrogen) atoms. The van der Waals surface area contributed by atoms with Crippen LogP contribution in [0, 0.1) is 10.1 Å². The lowest BCUT2D eigenvalue weighted by Crippen LogP contribution is -2.41. The van der Waals surface area contributed by atoms with Gasteiger partial charge in [-0.15, -0.1) is 0 Å². The Balaban J connectivity index is 2.10. The van der Waals surface area contributed by atoms with E-state index in [1.54, 1.807) is 0 Å². The topological polar surface area (TPSA) is 119 Å². The molecule has 1 aromatic carbocycles. The van der Waals surface area contributed by atoms with Crippen molar-refractivity contribution in [3.63, 3.8) is 0 Å². The molecule has 0 radical (unpaired) electrons. The molecule has 1 atom stereocenters. The Morgan fingerprint density at radius 2 is 2.09 bits per heavy atom. The molecule has 1 aliphatic heterocycles. The minimum absolute atomic E-state index is 0.186. The average molecular weight is 307 g/mol. The number of imide groups is 1. The number of carbonyl (C=O) groups excluding carboxylic acids is 3. The molecule has 1 fully saturated rings. The highest BCUT2D eigenvalue weighted by Crippen LogP contribution is 2.19. The van der Waals surface area contributed by atoms with E-state index in [9.17, 15) is 24.5 Å². The highest BCUT2D eigenvalue weighted by Gasteiger charge is 2.32. The Hall–Kier alpha value is -2.97. The molecule has 9 nitrogen and oxygen atoms in total. The third kappa shape index (κ3) is 3.03. The number of benzene rings is 1. The van der Waals surface area contributed by atoms with Gasteiger partial charge in [0.2, 0.25) is 0 Å². The molecule has 1 unspecified atom stereocenters. The summed E-state index contributed by atoms with van der Waals surface area (Å²) in [6.07, 6.45) is -1.23. The first-order valence-electron chi connectivity index (χ1n) is 6.45. The van der Waals surface area contributed by atoms with Crippen molar-refractivity contribution in [3.05, 3.63) is 39.9 Å². The zero-order chi connectivity index (χ0) is 16.3. The Bertz CT molecular complexity index is 644. The van der Waals surface area contributed by atoms with Crippen molar-refractivity contribution in [3.8, 4) is 0 Å². The third-order valence-electron chi connectivity index (χ3n) is 3.08. The summed E-state index contributed by atoms with van der Waals surface area (Å²) in [6.45, 7) is 1.82. The number of ether oxygens (including phenoxy) is 1. The van der Waals surface area contributed by atoms with E-state index in [-0.39, 0.29) is 12.1 Å². The number of nitro groups is 1. The molecule has 1 aromatic rings. The number of urea groups is 1. The highest BCUT2D eigenvalue weighted by molar-refractivity contribution is 6.00. The molecule has 1 aliphatic rings. The van der Waals surface area contributed by atoms with Crippen LogP contribution in [-0.4, -0.2) is 46.9 Å². The quantitative estimate of drug-likeness (QED) is 0.496. The maximum Gasteiger partial charge on any atom is 0.345 e. The Labute approximate surface area is 125 Å². The van der Waals surface area contributed by atoms with Gasteiger partial charge >= 0.3 is 12.0 Å². The van der Waals surface area contributed by atoms with Gasteiger partial charge in [0.15, 0.2) is 6.10 Å². The summed E-state index contributed by atoms with van der Waals surface area (Å²) in [5, 5.41) is 13.3. The van der Waals surface area contributed by atoms with Crippen LogP contribution in [0.15, 0.2) is 24.3 Å². The van der Waals surface area contributed by atoms with Crippen molar-refractivity contribution in [2.24, 2.45) is 0 Å². The summed E-state index contributed by atoms with van der Waals surface area (Å²) < 4.78 is 4.94. The van der Waals surface area contributed by atoms with E-state index in [4.69, 9.17) is 4.74 Å². The van der Waals surface area contributed by atoms with Gasteiger partial charge < -0.3 is 10.1 Å². The number of hydrogen-bond acceptors (Lipinski definition) is 6. The van der Waals surface area contributed by atoms with Gasteiger partial charge in [0, 0.05) is 19.2 Å². The second-order valence-electron chi connectivity index (χ2n) is 4.54. The second-order valence-corrected chi connectivity index (χ2v) is 4.54. The first kappa shape index (κ1) is 15.4. The number of para-hydroxylation sites is 1. The minimum Gasteiger partial charge on any atom is -0.449 e. The Kier molecular flexibility index (Phi) is 4.35. The fourth-order valence-electron chi connectivity index (χ4n) is 1.98. The van der Waals surface area contributed by atoms with E-state index in [1.165, 1.54) is 25.1 Å². The van der Waals surface area contributed by atoms with Gasteiger partial charge in [0.05, 0.1) is 4.92 Å². The van der Waals surface area contributed by atoms with E-state index in [0.29, 0.717) is 6.54 Å². The molecule has 1 N–H and O–H groups in total. The molecule has 1 heterocycles. The van der Waals surface area contributed by atoms with Crippen LogP contribution in [0.3, 0.4) is 0 Å². The van der Waals surface area contributed by atoms with Gasteiger partial charge in [0.1, 0.15) is 5.56 Å². The first-order valence-corrected chi connectivity index (χ1v) is 6.45. The third-order valence-corrected chi connectivity index (χ3v) is 3.08. The number of amides is 3. The fourth-order valence-corrected chi connectivity index (χ4v) is 1.98. The van der Waals surface area contributed by atoms with Crippen molar-refractivity contribution in [2.75, 3.05) is 13.1 Å². The smallest absolute Gasteiger partial charge is 0.345 e. The molecule has 3 amide bonds. The van der Waals surface area contributed by atoms with Gasteiger partial charge in [-0.1, -0.05) is 12.1 Å². The number of hydrogen-bond donors (Lipinski definition) is 1. The van der Waals surface area contributed by atoms with Gasteiger partial charge in [-0.05, 0) is 13.0 Å². The van der Waals surface area contributed by atoms with E-state index in [1.807, 2.05) is 0 Å². The molecule has 0 aromatic heterocycles. The number of esters is 1. The SMILES string of the molecule is CC(OC(=O)c1ccccc1[N+](=O)[O-])C(=O)N1CCNC1=O. The van der Waals surface area contributed by atoms with E-state index >= 15 is 0 Å². The zero-order valence-corrected chi connectivity index (χ0v) is 11.6. The monoisotopic (exact) mass is 307 g/mol. The standard InChI is InChI=1S/C13H13N3O6/c1-8(11(17)15-7-6-14-13(15)19)22-12(18)9-4-2-3-5-10(9)16(20)21/h2-5,8H,6-7H2,1H3,(H,14,19). The van der Waals surface area contributed by atoms with Crippen molar-refractivity contribution < 1.29 is 24.0 Å². The van der Waals surface area contributed by atoms with Crippen LogP contribution in [0.25, 0.3) is 0 Å². The minimum atomic E-state index is -1.23. The van der Waals surface area contributed by atoms with Crippen LogP contribution in [-0.2, 0) is 9.53 Å². The molecule has 0 spiro atoms. The molecule has 0 saturated carbocycles. The maximum atomic E-state index is 12.0. The van der Waals surface area contributed by atoms with Gasteiger partial charge in [-0.25, -0.2) is 9.59 Å². The predicted molar refractivity (Wildman–Crippen MR) is 73.1 cm³/mol. The van der Waals surface area contributed by atoms with Crippen LogP contribution in [0.5, 0.6) is 0 Å². The number of nitro benzene ring substituents is 1. The average Bonchev–Trinajstić information content (AvgIpc) is 2.92. The lowest BCUT2D eigenvalue weighted by molar-refractivity contribution is -0.385. The van der Waals surface area contributed by atoms with Gasteiger partial charge in [-0.2, -0.15) is 0 Å². The van der Waals surface area contributed by atoms with Gasteiger partial charge in [-0.3, -0.25) is 19.8 Å². The summed E-state index contributed by atoms with van der Waals surface area (Å²) in [7, 11) is 0. The normalized spacial score (nSPS) is 15.1. The summed E-state index contributed by atoms with van der Waals surface area (Å²) in [5.74, 6) is -1.67. The van der Waals surface area contributed by atoms with Crippen LogP contribution < -0.4 is 5.32 Å². The molecule has 1 saturated heterocycles. The molecule has 0 aliphatic carbocycles. The molecule has 0 bridgehead atoms. The second kappa shape index (κ2) is 6.20. The maximum absolute atomic E-state index is 12.0. The molecule has 2 rings (SSSR count). The number of carbonyl (C=O) groups is 3. The zero-order valence-electron chi connectivity index (χ0n) is 11.6. The lowest BCUT2D eigenvalue weighted by atomic mass is 10.2. The lowest BCUT2D eigenvalue weighted by Gasteiger charge is -2.18. The van der Waals surface area contributed by atoms with Gasteiger partial charge in [0.25, 0.3) is 11.6 Å². The number of nitrogens with zero attached hydrogens (tertiary/aromatic N) is 2. The van der Waals surface area contributed by atoms with E-state index in [0.717, 1.165) is 11.0 Å². The van der Waals surface area contributed by atoms with E-state index in [2.05, 4.69) is 5.32 Å². The van der Waals surface area contributed by atoms with Crippen molar-refractivity contribution in [1.29, 1.82) is 0 Å². The predicted octanol–water partition coefficient (Wildman–Crippen LogP) is 0.692. The largest absolute Gasteiger partial charge is 0.449 e. The fraction of sp³-hybridized carbons (Fsp3) is 0.308. The van der Waals surface area contributed by atoms with E-state index < -0.39 is 34.6 Å². The summed E-state index contributed by atoms with van der Waals surface area (Å²) in [5.41, 5.74) is -0.663. The molecule has 116 valence electrons. The summed E-state index contributed by atoms with van der Waals surface area (Å²) in [6, 6.07) is 4.71. The molecule has 9 heteroatoms. The highest BCUT2D eigenvalue weighted by atomic mass is 16.6. The van der Waals surface area contributed by atoms with Crippen molar-refractivity contribution in [2.45, 2.75) is 13.0 Å². The van der Waals surface area contributed by atoms with Crippen LogP contribution in [0.4, 0.5) is 10.5 Å². The number of rotatable bonds is 4. The van der Waals surface area contributed by atoms with Crippen molar-refractivity contribution >= 4 is 23.6 Å². The van der Waals surface area contributed by atoms with Crippen LogP contribution in [0.2, 0.25) is 0 Å². The number of nitrogens with one attached hydrogen (secondary N) is 1. The van der Waals surface area contributed by atoms with Crippen LogP contribution in [0.1, 0.15) is 17.3 Å². The Morgan fingerprint density at radius 3 is 2.68 bits per heavy atom. The van der Waals surface area contributed by atoms with Crippen LogP contribution >= 0.6 is 0 Å². The summed E-state index contributed by atoms with van der Waals surface area (Å²) in [4.78, 5) is 46.4. The first-order chi connectivity index (χ1) is 10.4.